The second-order valence-corrected chi connectivity index (χ2v) is 4.14. The van der Waals surface area contributed by atoms with Gasteiger partial charge in [-0.05, 0) is 25.1 Å². The van der Waals surface area contributed by atoms with Crippen LogP contribution in [0.3, 0.4) is 0 Å². The lowest BCUT2D eigenvalue weighted by Crippen LogP contribution is -2.29. The summed E-state index contributed by atoms with van der Waals surface area (Å²) in [4.78, 5) is 11.8. The molecule has 0 heterocycles. The molecule has 20 heavy (non-hydrogen) atoms. The van der Waals surface area contributed by atoms with E-state index < -0.39 is 0 Å². The third-order valence-corrected chi connectivity index (χ3v) is 2.67. The molecule has 0 aromatic heterocycles. The maximum atomic E-state index is 11.8. The Kier molecular flexibility index (Phi) is 7.46. The van der Waals surface area contributed by atoms with E-state index in [1.807, 2.05) is 0 Å². The van der Waals surface area contributed by atoms with E-state index in [1.165, 1.54) is 0 Å². The minimum absolute atomic E-state index is 0.120. The zero-order valence-electron chi connectivity index (χ0n) is 12.2. The van der Waals surface area contributed by atoms with E-state index in [9.17, 15) is 4.79 Å². The molecule has 0 aliphatic carbocycles. The lowest BCUT2D eigenvalue weighted by Gasteiger charge is -2.12. The molecular formula is C14H22N2O4. The molecule has 0 aliphatic rings. The van der Waals surface area contributed by atoms with Crippen molar-refractivity contribution in [3.8, 4) is 11.5 Å². The highest BCUT2D eigenvalue weighted by molar-refractivity contribution is 5.93. The molecule has 6 nitrogen and oxygen atoms in total. The maximum Gasteiger partial charge on any atom is 0.238 e. The molecule has 0 saturated heterocycles. The molecule has 2 N–H and O–H groups in total. The fourth-order valence-corrected chi connectivity index (χ4v) is 1.64. The van der Waals surface area contributed by atoms with Crippen LogP contribution >= 0.6 is 0 Å². The van der Waals surface area contributed by atoms with Gasteiger partial charge in [0.25, 0.3) is 0 Å². The number of benzene rings is 1. The lowest BCUT2D eigenvalue weighted by molar-refractivity contribution is -0.115. The van der Waals surface area contributed by atoms with Gasteiger partial charge in [-0.3, -0.25) is 4.79 Å². The van der Waals surface area contributed by atoms with E-state index in [-0.39, 0.29) is 12.5 Å². The molecule has 0 unspecified atom stereocenters. The second-order valence-electron chi connectivity index (χ2n) is 4.14. The van der Waals surface area contributed by atoms with Gasteiger partial charge >= 0.3 is 0 Å². The van der Waals surface area contributed by atoms with Crippen molar-refractivity contribution in [3.05, 3.63) is 18.2 Å². The van der Waals surface area contributed by atoms with Gasteiger partial charge in [0.05, 0.1) is 26.5 Å². The number of hydrogen-bond donors (Lipinski definition) is 2. The van der Waals surface area contributed by atoms with Gasteiger partial charge < -0.3 is 24.8 Å². The SMILES string of the molecule is COCCCNCC(=O)Nc1ccc(OC)cc1OC. The second kappa shape index (κ2) is 9.17. The quantitative estimate of drug-likeness (QED) is 0.668. The minimum Gasteiger partial charge on any atom is -0.497 e. The third kappa shape index (κ3) is 5.46. The first kappa shape index (κ1) is 16.3. The molecule has 0 spiro atoms. The van der Waals surface area contributed by atoms with Crippen LogP contribution in [0.2, 0.25) is 0 Å². The Morgan fingerprint density at radius 1 is 1.20 bits per heavy atom. The number of anilines is 1. The highest BCUT2D eigenvalue weighted by atomic mass is 16.5. The van der Waals surface area contributed by atoms with Crippen LogP contribution in [0.25, 0.3) is 0 Å². The summed E-state index contributed by atoms with van der Waals surface area (Å²) in [6, 6.07) is 5.24. The zero-order valence-corrected chi connectivity index (χ0v) is 12.2. The molecule has 1 rings (SSSR count). The van der Waals surface area contributed by atoms with E-state index >= 15 is 0 Å². The van der Waals surface area contributed by atoms with Crippen molar-refractivity contribution in [2.45, 2.75) is 6.42 Å². The molecule has 0 saturated carbocycles. The summed E-state index contributed by atoms with van der Waals surface area (Å²) in [6.45, 7) is 1.67. The first-order valence-electron chi connectivity index (χ1n) is 6.42. The monoisotopic (exact) mass is 282 g/mol. The molecule has 1 aromatic rings. The largest absolute Gasteiger partial charge is 0.497 e. The molecule has 0 aliphatic heterocycles. The summed E-state index contributed by atoms with van der Waals surface area (Å²) in [5, 5.41) is 5.83. The molecular weight excluding hydrogens is 260 g/mol. The Morgan fingerprint density at radius 3 is 2.65 bits per heavy atom. The normalized spacial score (nSPS) is 10.2. The number of ether oxygens (including phenoxy) is 3. The van der Waals surface area contributed by atoms with Crippen LogP contribution in [0.4, 0.5) is 5.69 Å². The summed E-state index contributed by atoms with van der Waals surface area (Å²) < 4.78 is 15.2. The molecule has 0 bridgehead atoms. The Morgan fingerprint density at radius 2 is 2.00 bits per heavy atom. The predicted octanol–water partition coefficient (Wildman–Crippen LogP) is 1.27. The topological polar surface area (TPSA) is 68.8 Å². The van der Waals surface area contributed by atoms with Crippen LogP contribution < -0.4 is 20.1 Å². The van der Waals surface area contributed by atoms with Gasteiger partial charge in [-0.15, -0.1) is 0 Å². The van der Waals surface area contributed by atoms with Gasteiger partial charge in [0, 0.05) is 19.8 Å². The number of carbonyl (C=O) groups excluding carboxylic acids is 1. The third-order valence-electron chi connectivity index (χ3n) is 2.67. The van der Waals surface area contributed by atoms with Gasteiger partial charge in [-0.1, -0.05) is 0 Å². The Bertz CT molecular complexity index is 424. The first-order chi connectivity index (χ1) is 9.71. The Labute approximate surface area is 119 Å². The zero-order chi connectivity index (χ0) is 14.8. The fraction of sp³-hybridized carbons (Fsp3) is 0.500. The van der Waals surface area contributed by atoms with E-state index in [1.54, 1.807) is 39.5 Å². The number of rotatable bonds is 9. The van der Waals surface area contributed by atoms with Gasteiger partial charge in [0.2, 0.25) is 5.91 Å². The van der Waals surface area contributed by atoms with Crippen LogP contribution in [-0.2, 0) is 9.53 Å². The summed E-state index contributed by atoms with van der Waals surface area (Å²) >= 11 is 0. The molecule has 6 heteroatoms. The fourth-order valence-electron chi connectivity index (χ4n) is 1.64. The van der Waals surface area contributed by atoms with Gasteiger partial charge in [-0.25, -0.2) is 0 Å². The number of methoxy groups -OCH3 is 3. The van der Waals surface area contributed by atoms with Crippen molar-refractivity contribution in [2.24, 2.45) is 0 Å². The molecule has 1 aromatic carbocycles. The van der Waals surface area contributed by atoms with Gasteiger partial charge in [0.15, 0.2) is 0 Å². The van der Waals surface area contributed by atoms with E-state index in [0.29, 0.717) is 23.8 Å². The number of amides is 1. The molecule has 1 amide bonds. The maximum absolute atomic E-state index is 11.8. The molecule has 0 radical (unpaired) electrons. The highest BCUT2D eigenvalue weighted by Crippen LogP contribution is 2.28. The van der Waals surface area contributed by atoms with E-state index in [4.69, 9.17) is 14.2 Å². The van der Waals surface area contributed by atoms with Crippen LogP contribution in [0.15, 0.2) is 18.2 Å². The van der Waals surface area contributed by atoms with Crippen molar-refractivity contribution in [3.63, 3.8) is 0 Å². The van der Waals surface area contributed by atoms with Gasteiger partial charge in [0.1, 0.15) is 11.5 Å². The highest BCUT2D eigenvalue weighted by Gasteiger charge is 2.08. The van der Waals surface area contributed by atoms with Crippen LogP contribution in [0.1, 0.15) is 6.42 Å². The molecule has 112 valence electrons. The van der Waals surface area contributed by atoms with Crippen molar-refractivity contribution in [1.29, 1.82) is 0 Å². The molecule has 0 fully saturated rings. The summed E-state index contributed by atoms with van der Waals surface area (Å²) in [6.07, 6.45) is 0.871. The van der Waals surface area contributed by atoms with Crippen molar-refractivity contribution < 1.29 is 19.0 Å². The first-order valence-corrected chi connectivity index (χ1v) is 6.42. The van der Waals surface area contributed by atoms with Crippen molar-refractivity contribution >= 4 is 11.6 Å². The average Bonchev–Trinajstić information content (AvgIpc) is 2.47. The van der Waals surface area contributed by atoms with E-state index in [2.05, 4.69) is 10.6 Å². The van der Waals surface area contributed by atoms with Crippen molar-refractivity contribution in [1.82, 2.24) is 5.32 Å². The lowest BCUT2D eigenvalue weighted by atomic mass is 10.2. The number of carbonyl (C=O) groups is 1. The van der Waals surface area contributed by atoms with Crippen LogP contribution in [0, 0.1) is 0 Å². The smallest absolute Gasteiger partial charge is 0.238 e. The van der Waals surface area contributed by atoms with Crippen LogP contribution in [-0.4, -0.2) is 46.9 Å². The Hall–Kier alpha value is -1.79. The molecule has 0 atom stereocenters. The number of nitrogens with one attached hydrogen (secondary N) is 2. The summed E-state index contributed by atoms with van der Waals surface area (Å²) in [5.41, 5.74) is 0.622. The minimum atomic E-state index is -0.120. The summed E-state index contributed by atoms with van der Waals surface area (Å²) in [7, 11) is 4.78. The summed E-state index contributed by atoms with van der Waals surface area (Å²) in [5.74, 6) is 1.13. The average molecular weight is 282 g/mol. The number of hydrogen-bond acceptors (Lipinski definition) is 5. The van der Waals surface area contributed by atoms with E-state index in [0.717, 1.165) is 13.0 Å². The van der Waals surface area contributed by atoms with Gasteiger partial charge in [-0.2, -0.15) is 0 Å². The van der Waals surface area contributed by atoms with Crippen molar-refractivity contribution in [2.75, 3.05) is 46.3 Å². The predicted molar refractivity (Wildman–Crippen MR) is 77.5 cm³/mol. The Balaban J connectivity index is 2.45. The van der Waals surface area contributed by atoms with Crippen LogP contribution in [0.5, 0.6) is 11.5 Å². The standard InChI is InChI=1S/C14H22N2O4/c1-18-8-4-7-15-10-14(17)16-12-6-5-11(19-2)9-13(12)20-3/h5-6,9,15H,4,7-8,10H2,1-3H3,(H,16,17).